The van der Waals surface area contributed by atoms with Gasteiger partial charge in [0.2, 0.25) is 0 Å². The largest absolute Gasteiger partial charge is 0.462 e. The maximum atomic E-state index is 11.7. The number of benzene rings is 3. The van der Waals surface area contributed by atoms with Crippen LogP contribution in [0.2, 0.25) is 0 Å². The van der Waals surface area contributed by atoms with Gasteiger partial charge in [0.25, 0.3) is 0 Å². The molecular formula is C20H21ClN2O2. The van der Waals surface area contributed by atoms with Crippen molar-refractivity contribution in [2.24, 2.45) is 0 Å². The molecule has 3 aromatic rings. The Morgan fingerprint density at radius 3 is 2.32 bits per heavy atom. The number of rotatable bonds is 5. The zero-order valence-electron chi connectivity index (χ0n) is 14.0. The molecule has 3 aromatic carbocycles. The first-order valence-electron chi connectivity index (χ1n) is 7.95. The summed E-state index contributed by atoms with van der Waals surface area (Å²) in [5.74, 6) is -0.296. The molecule has 25 heavy (non-hydrogen) atoms. The maximum Gasteiger partial charge on any atom is 0.338 e. The Morgan fingerprint density at radius 2 is 1.68 bits per heavy atom. The first-order valence-corrected chi connectivity index (χ1v) is 7.95. The summed E-state index contributed by atoms with van der Waals surface area (Å²) in [7, 11) is 0. The second-order valence-electron chi connectivity index (χ2n) is 5.56. The van der Waals surface area contributed by atoms with Crippen LogP contribution in [0, 0.1) is 0 Å². The molecule has 0 saturated heterocycles. The monoisotopic (exact) mass is 356 g/mol. The van der Waals surface area contributed by atoms with Crippen molar-refractivity contribution in [3.63, 3.8) is 0 Å². The fourth-order valence-electron chi connectivity index (χ4n) is 2.58. The molecule has 3 rings (SSSR count). The van der Waals surface area contributed by atoms with Crippen LogP contribution >= 0.6 is 12.4 Å². The minimum Gasteiger partial charge on any atom is -0.462 e. The number of carbonyl (C=O) groups excluding carboxylic acids is 1. The average Bonchev–Trinajstić information content (AvgIpc) is 2.60. The van der Waals surface area contributed by atoms with E-state index in [0.29, 0.717) is 18.7 Å². The van der Waals surface area contributed by atoms with Crippen LogP contribution in [0.3, 0.4) is 0 Å². The van der Waals surface area contributed by atoms with E-state index in [1.807, 2.05) is 36.4 Å². The van der Waals surface area contributed by atoms with E-state index in [9.17, 15) is 4.79 Å². The van der Waals surface area contributed by atoms with Gasteiger partial charge in [-0.1, -0.05) is 36.4 Å². The summed E-state index contributed by atoms with van der Waals surface area (Å²) in [4.78, 5) is 11.7. The van der Waals surface area contributed by atoms with Crippen LogP contribution < -0.4 is 11.1 Å². The molecule has 0 saturated carbocycles. The predicted molar refractivity (Wildman–Crippen MR) is 105 cm³/mol. The predicted octanol–water partition coefficient (Wildman–Crippen LogP) is 4.63. The van der Waals surface area contributed by atoms with E-state index in [2.05, 4.69) is 17.4 Å². The Morgan fingerprint density at radius 1 is 1.04 bits per heavy atom. The maximum absolute atomic E-state index is 11.7. The molecule has 0 radical (unpaired) electrons. The van der Waals surface area contributed by atoms with Gasteiger partial charge in [-0.3, -0.25) is 0 Å². The number of nitrogens with one attached hydrogen (secondary N) is 1. The van der Waals surface area contributed by atoms with Gasteiger partial charge in [-0.05, 0) is 47.5 Å². The molecule has 0 amide bonds. The number of carbonyl (C=O) groups is 1. The molecule has 0 heterocycles. The van der Waals surface area contributed by atoms with Gasteiger partial charge in [0.1, 0.15) is 0 Å². The third-order valence-corrected chi connectivity index (χ3v) is 3.87. The Kier molecular flexibility index (Phi) is 6.25. The molecule has 0 aliphatic rings. The molecule has 0 aliphatic carbocycles. The van der Waals surface area contributed by atoms with Crippen LogP contribution in [-0.2, 0) is 11.3 Å². The van der Waals surface area contributed by atoms with E-state index in [0.717, 1.165) is 27.7 Å². The van der Waals surface area contributed by atoms with Crippen molar-refractivity contribution in [3.05, 3.63) is 71.8 Å². The lowest BCUT2D eigenvalue weighted by Crippen LogP contribution is -2.06. The Hall–Kier alpha value is -2.72. The van der Waals surface area contributed by atoms with E-state index < -0.39 is 0 Å². The molecule has 4 nitrogen and oxygen atoms in total. The number of anilines is 2. The normalized spacial score (nSPS) is 10.1. The minimum atomic E-state index is -0.296. The highest BCUT2D eigenvalue weighted by Gasteiger charge is 2.06. The number of nitrogens with two attached hydrogens (primary N) is 1. The smallest absolute Gasteiger partial charge is 0.338 e. The highest BCUT2D eigenvalue weighted by molar-refractivity contribution is 5.91. The number of esters is 1. The number of nitrogen functional groups attached to an aromatic ring is 1. The van der Waals surface area contributed by atoms with Crippen molar-refractivity contribution in [2.75, 3.05) is 17.7 Å². The van der Waals surface area contributed by atoms with Gasteiger partial charge in [0.05, 0.1) is 23.5 Å². The van der Waals surface area contributed by atoms with E-state index in [-0.39, 0.29) is 18.4 Å². The zero-order valence-corrected chi connectivity index (χ0v) is 14.8. The molecule has 0 unspecified atom stereocenters. The summed E-state index contributed by atoms with van der Waals surface area (Å²) in [5.41, 5.74) is 9.38. The zero-order chi connectivity index (χ0) is 16.9. The number of ether oxygens (including phenoxy) is 1. The molecule has 0 aromatic heterocycles. The van der Waals surface area contributed by atoms with Crippen molar-refractivity contribution < 1.29 is 9.53 Å². The lowest BCUT2D eigenvalue weighted by molar-refractivity contribution is 0.0526. The van der Waals surface area contributed by atoms with Crippen molar-refractivity contribution >= 4 is 40.5 Å². The first kappa shape index (κ1) is 18.6. The Bertz CT molecular complexity index is 863. The third kappa shape index (κ3) is 4.43. The molecule has 0 fully saturated rings. The van der Waals surface area contributed by atoms with E-state index >= 15 is 0 Å². The van der Waals surface area contributed by atoms with E-state index in [1.165, 1.54) is 0 Å². The number of halogens is 1. The summed E-state index contributed by atoms with van der Waals surface area (Å²) >= 11 is 0. The molecule has 3 N–H and O–H groups in total. The molecule has 0 aliphatic heterocycles. The molecule has 130 valence electrons. The number of hydrogen-bond acceptors (Lipinski definition) is 4. The van der Waals surface area contributed by atoms with Gasteiger partial charge in [0.15, 0.2) is 0 Å². The van der Waals surface area contributed by atoms with E-state index in [4.69, 9.17) is 10.5 Å². The summed E-state index contributed by atoms with van der Waals surface area (Å²) in [6.45, 7) is 2.80. The van der Waals surface area contributed by atoms with Gasteiger partial charge in [-0.15, -0.1) is 12.4 Å². The van der Waals surface area contributed by atoms with Crippen LogP contribution in [0.15, 0.2) is 60.7 Å². The van der Waals surface area contributed by atoms with Gasteiger partial charge < -0.3 is 15.8 Å². The molecular weight excluding hydrogens is 336 g/mol. The summed E-state index contributed by atoms with van der Waals surface area (Å²) in [5, 5.41) is 5.62. The fourth-order valence-corrected chi connectivity index (χ4v) is 2.58. The average molecular weight is 357 g/mol. The highest BCUT2D eigenvalue weighted by atomic mass is 35.5. The van der Waals surface area contributed by atoms with Crippen molar-refractivity contribution in [1.82, 2.24) is 0 Å². The van der Waals surface area contributed by atoms with Gasteiger partial charge in [-0.25, -0.2) is 4.79 Å². The minimum absolute atomic E-state index is 0. The van der Waals surface area contributed by atoms with Gasteiger partial charge >= 0.3 is 5.97 Å². The molecule has 0 atom stereocenters. The molecule has 5 heteroatoms. The summed E-state index contributed by atoms with van der Waals surface area (Å²) in [6, 6.07) is 19.5. The van der Waals surface area contributed by atoms with Crippen molar-refractivity contribution in [1.29, 1.82) is 0 Å². The van der Waals surface area contributed by atoms with Crippen LogP contribution in [0.5, 0.6) is 0 Å². The summed E-state index contributed by atoms with van der Waals surface area (Å²) in [6.07, 6.45) is 0. The first-order chi connectivity index (χ1) is 11.7. The van der Waals surface area contributed by atoms with Crippen molar-refractivity contribution in [2.45, 2.75) is 13.5 Å². The lowest BCUT2D eigenvalue weighted by Gasteiger charge is -2.11. The Labute approximate surface area is 153 Å². The highest BCUT2D eigenvalue weighted by Crippen LogP contribution is 2.26. The van der Waals surface area contributed by atoms with Crippen LogP contribution in [0.1, 0.15) is 22.8 Å². The molecule has 0 spiro atoms. The molecule has 0 bridgehead atoms. The lowest BCUT2D eigenvalue weighted by atomic mass is 10.1. The number of fused-ring (bicyclic) bond motifs is 1. The van der Waals surface area contributed by atoms with E-state index in [1.54, 1.807) is 19.1 Å². The topological polar surface area (TPSA) is 64.3 Å². The third-order valence-electron chi connectivity index (χ3n) is 3.87. The quantitative estimate of drug-likeness (QED) is 0.516. The number of hydrogen-bond donors (Lipinski definition) is 2. The van der Waals surface area contributed by atoms with Crippen LogP contribution in [-0.4, -0.2) is 12.6 Å². The van der Waals surface area contributed by atoms with Gasteiger partial charge in [-0.2, -0.15) is 0 Å². The summed E-state index contributed by atoms with van der Waals surface area (Å²) < 4.78 is 4.98. The second kappa shape index (κ2) is 8.40. The van der Waals surface area contributed by atoms with Gasteiger partial charge in [0, 0.05) is 6.54 Å². The van der Waals surface area contributed by atoms with Crippen molar-refractivity contribution in [3.8, 4) is 0 Å². The SMILES string of the molecule is CCOC(=O)c1ccc(CNc2cc3ccccc3cc2N)cc1.Cl. The Balaban J connectivity index is 0.00000225. The second-order valence-corrected chi connectivity index (χ2v) is 5.56. The van der Waals surface area contributed by atoms with Crippen LogP contribution in [0.25, 0.3) is 10.8 Å². The van der Waals surface area contributed by atoms with Crippen LogP contribution in [0.4, 0.5) is 11.4 Å². The fraction of sp³-hybridized carbons (Fsp3) is 0.150. The standard InChI is InChI=1S/C20H20N2O2.ClH/c1-2-24-20(23)15-9-7-14(8-10-15)13-22-19-12-17-6-4-3-5-16(17)11-18(19)21;/h3-12,22H,2,13,21H2,1H3;1H.